The average molecular weight is 358 g/mol. The van der Waals surface area contributed by atoms with Gasteiger partial charge < -0.3 is 19.4 Å². The van der Waals surface area contributed by atoms with E-state index in [4.69, 9.17) is 14.6 Å². The van der Waals surface area contributed by atoms with Crippen LogP contribution in [-0.4, -0.2) is 46.6 Å². The topological polar surface area (TPSA) is 70.3 Å². The van der Waals surface area contributed by atoms with Gasteiger partial charge in [-0.25, -0.2) is 0 Å². The third kappa shape index (κ3) is 3.68. The molecule has 7 nitrogen and oxygen atoms in total. The highest BCUT2D eigenvalue weighted by Crippen LogP contribution is 2.26. The fourth-order valence-electron chi connectivity index (χ4n) is 3.75. The van der Waals surface area contributed by atoms with Gasteiger partial charge in [0.25, 0.3) is 5.91 Å². The fourth-order valence-corrected chi connectivity index (χ4v) is 3.75. The molecule has 1 atom stereocenters. The number of amides is 1. The van der Waals surface area contributed by atoms with E-state index in [0.717, 1.165) is 44.7 Å². The van der Waals surface area contributed by atoms with E-state index in [-0.39, 0.29) is 12.0 Å². The number of aryl methyl sites for hydroxylation is 1. The molecule has 0 bridgehead atoms. The molecule has 2 aromatic heterocycles. The summed E-state index contributed by atoms with van der Waals surface area (Å²) in [6, 6.07) is 3.67. The molecule has 2 aromatic rings. The maximum Gasteiger partial charge on any atom is 0.267 e. The number of carbonyl (C=O) groups is 1. The maximum atomic E-state index is 12.3. The van der Waals surface area contributed by atoms with Crippen LogP contribution in [0.3, 0.4) is 0 Å². The maximum absolute atomic E-state index is 12.3. The van der Waals surface area contributed by atoms with Crippen molar-refractivity contribution in [1.82, 2.24) is 19.7 Å². The first-order chi connectivity index (χ1) is 12.7. The van der Waals surface area contributed by atoms with Crippen LogP contribution in [0.15, 0.2) is 24.5 Å². The Morgan fingerprint density at radius 3 is 2.96 bits per heavy atom. The zero-order valence-corrected chi connectivity index (χ0v) is 15.2. The van der Waals surface area contributed by atoms with Gasteiger partial charge in [0, 0.05) is 45.7 Å². The SMILES string of the molecule is Cn1cccc1C(=O)NC[C@@H]1OCCc2cn(CC3CCOCC3)nc21. The Kier molecular flexibility index (Phi) is 5.08. The Morgan fingerprint density at radius 1 is 1.35 bits per heavy atom. The molecule has 0 radical (unpaired) electrons. The summed E-state index contributed by atoms with van der Waals surface area (Å²) in [5.74, 6) is 0.538. The Morgan fingerprint density at radius 2 is 2.19 bits per heavy atom. The summed E-state index contributed by atoms with van der Waals surface area (Å²) >= 11 is 0. The van der Waals surface area contributed by atoms with E-state index in [2.05, 4.69) is 16.2 Å². The Hall–Kier alpha value is -2.12. The lowest BCUT2D eigenvalue weighted by molar-refractivity contribution is 0.0378. The van der Waals surface area contributed by atoms with Crippen LogP contribution in [0.1, 0.15) is 40.7 Å². The minimum Gasteiger partial charge on any atom is -0.381 e. The molecule has 1 fully saturated rings. The van der Waals surface area contributed by atoms with Crippen molar-refractivity contribution in [3.63, 3.8) is 0 Å². The first-order valence-corrected chi connectivity index (χ1v) is 9.36. The summed E-state index contributed by atoms with van der Waals surface area (Å²) in [6.07, 6.45) is 6.90. The Labute approximate surface area is 153 Å². The summed E-state index contributed by atoms with van der Waals surface area (Å²) in [4.78, 5) is 12.3. The van der Waals surface area contributed by atoms with Gasteiger partial charge in [-0.2, -0.15) is 5.10 Å². The molecule has 4 heterocycles. The van der Waals surface area contributed by atoms with E-state index >= 15 is 0 Å². The largest absolute Gasteiger partial charge is 0.381 e. The van der Waals surface area contributed by atoms with Crippen LogP contribution in [0.25, 0.3) is 0 Å². The highest BCUT2D eigenvalue weighted by Gasteiger charge is 2.26. The number of hydrogen-bond acceptors (Lipinski definition) is 4. The molecule has 26 heavy (non-hydrogen) atoms. The third-order valence-electron chi connectivity index (χ3n) is 5.28. The highest BCUT2D eigenvalue weighted by molar-refractivity contribution is 5.92. The molecule has 140 valence electrons. The number of rotatable bonds is 5. The van der Waals surface area contributed by atoms with Crippen LogP contribution in [0.5, 0.6) is 0 Å². The molecule has 2 aliphatic heterocycles. The van der Waals surface area contributed by atoms with Gasteiger partial charge in [0.2, 0.25) is 0 Å². The molecule has 0 spiro atoms. The highest BCUT2D eigenvalue weighted by atomic mass is 16.5. The van der Waals surface area contributed by atoms with E-state index in [0.29, 0.717) is 24.8 Å². The lowest BCUT2D eigenvalue weighted by atomic mass is 10.0. The van der Waals surface area contributed by atoms with Crippen LogP contribution >= 0.6 is 0 Å². The third-order valence-corrected chi connectivity index (χ3v) is 5.28. The van der Waals surface area contributed by atoms with Crippen LogP contribution in [0.4, 0.5) is 0 Å². The summed E-state index contributed by atoms with van der Waals surface area (Å²) in [5, 5.41) is 7.76. The molecular weight excluding hydrogens is 332 g/mol. The van der Waals surface area contributed by atoms with Crippen molar-refractivity contribution < 1.29 is 14.3 Å². The van der Waals surface area contributed by atoms with Crippen molar-refractivity contribution in [2.45, 2.75) is 31.9 Å². The predicted octanol–water partition coefficient (Wildman–Crippen LogP) is 1.69. The molecule has 2 aliphatic rings. The number of fused-ring (bicyclic) bond motifs is 1. The predicted molar refractivity (Wildman–Crippen MR) is 95.9 cm³/mol. The molecule has 7 heteroatoms. The Balaban J connectivity index is 1.40. The average Bonchev–Trinajstić information content (AvgIpc) is 3.26. The zero-order valence-electron chi connectivity index (χ0n) is 15.2. The van der Waals surface area contributed by atoms with Crippen molar-refractivity contribution in [2.24, 2.45) is 13.0 Å². The van der Waals surface area contributed by atoms with E-state index in [9.17, 15) is 4.79 Å². The number of aromatic nitrogens is 3. The number of hydrogen-bond donors (Lipinski definition) is 1. The van der Waals surface area contributed by atoms with Gasteiger partial charge in [-0.1, -0.05) is 0 Å². The molecule has 1 saturated heterocycles. The molecule has 0 saturated carbocycles. The molecule has 4 rings (SSSR count). The van der Waals surface area contributed by atoms with E-state index < -0.39 is 0 Å². The Bertz CT molecular complexity index is 761. The van der Waals surface area contributed by atoms with E-state index in [1.54, 1.807) is 0 Å². The first kappa shape index (κ1) is 17.3. The van der Waals surface area contributed by atoms with Crippen molar-refractivity contribution in [3.8, 4) is 0 Å². The second-order valence-corrected chi connectivity index (χ2v) is 7.14. The van der Waals surface area contributed by atoms with Gasteiger partial charge >= 0.3 is 0 Å². The number of nitrogens with zero attached hydrogens (tertiary/aromatic N) is 3. The molecule has 1 amide bonds. The van der Waals surface area contributed by atoms with Crippen molar-refractivity contribution in [3.05, 3.63) is 41.5 Å². The molecule has 0 aliphatic carbocycles. The minimum atomic E-state index is -0.182. The summed E-state index contributed by atoms with van der Waals surface area (Å²) in [6.45, 7) is 3.73. The van der Waals surface area contributed by atoms with Crippen molar-refractivity contribution >= 4 is 5.91 Å². The van der Waals surface area contributed by atoms with Gasteiger partial charge in [-0.05, 0) is 42.9 Å². The number of nitrogens with one attached hydrogen (secondary N) is 1. The molecular formula is C19H26N4O3. The minimum absolute atomic E-state index is 0.0881. The van der Waals surface area contributed by atoms with Crippen LogP contribution in [0.2, 0.25) is 0 Å². The van der Waals surface area contributed by atoms with Crippen LogP contribution in [0, 0.1) is 5.92 Å². The monoisotopic (exact) mass is 358 g/mol. The van der Waals surface area contributed by atoms with Crippen LogP contribution in [-0.2, 0) is 29.5 Å². The summed E-state index contributed by atoms with van der Waals surface area (Å²) in [7, 11) is 1.86. The molecule has 1 N–H and O–H groups in total. The number of ether oxygens (including phenoxy) is 2. The standard InChI is InChI=1S/C19H26N4O3/c1-22-7-2-3-16(22)19(24)20-11-17-18-15(6-10-26-17)13-23(21-18)12-14-4-8-25-9-5-14/h2-3,7,13-14,17H,4-6,8-12H2,1H3,(H,20,24)/t17-/m0/s1. The lowest BCUT2D eigenvalue weighted by Crippen LogP contribution is -2.32. The fraction of sp³-hybridized carbons (Fsp3) is 0.579. The quantitative estimate of drug-likeness (QED) is 0.883. The normalized spacial score (nSPS) is 20.7. The van der Waals surface area contributed by atoms with E-state index in [1.807, 2.05) is 29.9 Å². The first-order valence-electron chi connectivity index (χ1n) is 9.36. The van der Waals surface area contributed by atoms with Crippen LogP contribution < -0.4 is 5.32 Å². The van der Waals surface area contributed by atoms with Crippen molar-refractivity contribution in [1.29, 1.82) is 0 Å². The smallest absolute Gasteiger partial charge is 0.267 e. The summed E-state index contributed by atoms with van der Waals surface area (Å²) in [5.41, 5.74) is 2.85. The van der Waals surface area contributed by atoms with Gasteiger partial charge in [0.05, 0.1) is 12.3 Å². The molecule has 0 aromatic carbocycles. The molecule has 0 unspecified atom stereocenters. The zero-order chi connectivity index (χ0) is 17.9. The number of carbonyl (C=O) groups excluding carboxylic acids is 1. The van der Waals surface area contributed by atoms with Gasteiger partial charge in [-0.15, -0.1) is 0 Å². The van der Waals surface area contributed by atoms with Gasteiger partial charge in [0.1, 0.15) is 11.8 Å². The second-order valence-electron chi connectivity index (χ2n) is 7.14. The van der Waals surface area contributed by atoms with Gasteiger partial charge in [0.15, 0.2) is 0 Å². The summed E-state index contributed by atoms with van der Waals surface area (Å²) < 4.78 is 15.2. The lowest BCUT2D eigenvalue weighted by Gasteiger charge is -2.22. The van der Waals surface area contributed by atoms with E-state index in [1.165, 1.54) is 5.56 Å². The second kappa shape index (κ2) is 7.63. The van der Waals surface area contributed by atoms with Gasteiger partial charge in [-0.3, -0.25) is 9.48 Å². The van der Waals surface area contributed by atoms with Crippen molar-refractivity contribution in [2.75, 3.05) is 26.4 Å².